The van der Waals surface area contributed by atoms with E-state index in [9.17, 15) is 4.79 Å². The molecule has 0 saturated carbocycles. The molecule has 1 N–H and O–H groups in total. The number of hydrogen-bond donors (Lipinski definition) is 1. The Labute approximate surface area is 78.0 Å². The first-order valence-corrected chi connectivity index (χ1v) is 4.52. The molecule has 0 fully saturated rings. The lowest BCUT2D eigenvalue weighted by molar-refractivity contribution is -0.137. The monoisotopic (exact) mass is 181 g/mol. The Bertz CT molecular complexity index is 302. The molecule has 0 unspecified atom stereocenters. The summed E-state index contributed by atoms with van der Waals surface area (Å²) in [6.07, 6.45) is 1.99. The van der Waals surface area contributed by atoms with E-state index < -0.39 is 5.97 Å². The summed E-state index contributed by atoms with van der Waals surface area (Å²) in [7, 11) is 0. The van der Waals surface area contributed by atoms with Crippen LogP contribution in [-0.4, -0.2) is 15.6 Å². The smallest absolute Gasteiger partial charge is 0.323 e. The number of aryl methyl sites for hydroxylation is 2. The van der Waals surface area contributed by atoms with Crippen molar-refractivity contribution in [2.75, 3.05) is 0 Å². The van der Waals surface area contributed by atoms with Crippen LogP contribution in [0.3, 0.4) is 0 Å². The minimum atomic E-state index is -0.781. The van der Waals surface area contributed by atoms with Gasteiger partial charge in [-0.15, -0.1) is 0 Å². The molecule has 0 bridgehead atoms. The first kappa shape index (κ1) is 9.84. The Kier molecular flexibility index (Phi) is 3.12. The lowest BCUT2D eigenvalue weighted by atomic mass is 10.2. The second-order valence-corrected chi connectivity index (χ2v) is 3.20. The standard InChI is InChI=1S/C10H15NO2/c1-3-4-9-6-5-8(2)11(9)7-10(12)13/h5-6H,3-4,7H2,1-2H3,(H,12,13). The maximum absolute atomic E-state index is 10.6. The molecule has 1 aromatic heterocycles. The molecule has 3 nitrogen and oxygen atoms in total. The van der Waals surface area contributed by atoms with Crippen molar-refractivity contribution in [2.24, 2.45) is 0 Å². The molecule has 0 aromatic carbocycles. The van der Waals surface area contributed by atoms with E-state index in [1.165, 1.54) is 0 Å². The van der Waals surface area contributed by atoms with Crippen LogP contribution < -0.4 is 0 Å². The molecule has 0 amide bonds. The van der Waals surface area contributed by atoms with E-state index >= 15 is 0 Å². The number of rotatable bonds is 4. The number of aliphatic carboxylic acids is 1. The molecular weight excluding hydrogens is 166 g/mol. The van der Waals surface area contributed by atoms with E-state index in [1.54, 1.807) is 0 Å². The summed E-state index contributed by atoms with van der Waals surface area (Å²) < 4.78 is 1.85. The average molecular weight is 181 g/mol. The number of aromatic nitrogens is 1. The highest BCUT2D eigenvalue weighted by Crippen LogP contribution is 2.10. The number of carboxylic acids is 1. The maximum Gasteiger partial charge on any atom is 0.323 e. The van der Waals surface area contributed by atoms with Gasteiger partial charge in [0.05, 0.1) is 0 Å². The zero-order chi connectivity index (χ0) is 9.84. The van der Waals surface area contributed by atoms with Crippen LogP contribution in [0, 0.1) is 6.92 Å². The Hall–Kier alpha value is -1.25. The summed E-state index contributed by atoms with van der Waals surface area (Å²) in [5, 5.41) is 8.68. The van der Waals surface area contributed by atoms with Gasteiger partial charge < -0.3 is 9.67 Å². The molecule has 0 aliphatic rings. The minimum Gasteiger partial charge on any atom is -0.480 e. The van der Waals surface area contributed by atoms with Crippen LogP contribution in [0.1, 0.15) is 24.7 Å². The first-order valence-electron chi connectivity index (χ1n) is 4.52. The maximum atomic E-state index is 10.6. The van der Waals surface area contributed by atoms with E-state index in [0.29, 0.717) is 0 Å². The highest BCUT2D eigenvalue weighted by molar-refractivity contribution is 5.66. The van der Waals surface area contributed by atoms with E-state index in [4.69, 9.17) is 5.11 Å². The third-order valence-corrected chi connectivity index (χ3v) is 2.09. The largest absolute Gasteiger partial charge is 0.480 e. The van der Waals surface area contributed by atoms with Crippen molar-refractivity contribution in [3.05, 3.63) is 23.5 Å². The van der Waals surface area contributed by atoms with Gasteiger partial charge in [-0.3, -0.25) is 4.79 Å². The second kappa shape index (κ2) is 4.12. The topological polar surface area (TPSA) is 42.2 Å². The van der Waals surface area contributed by atoms with Crippen molar-refractivity contribution in [1.82, 2.24) is 4.57 Å². The summed E-state index contributed by atoms with van der Waals surface area (Å²) in [4.78, 5) is 10.6. The third kappa shape index (κ3) is 2.34. The molecule has 0 saturated heterocycles. The van der Waals surface area contributed by atoms with E-state index in [-0.39, 0.29) is 6.54 Å². The molecular formula is C10H15NO2. The van der Waals surface area contributed by atoms with Crippen molar-refractivity contribution in [1.29, 1.82) is 0 Å². The van der Waals surface area contributed by atoms with Gasteiger partial charge in [-0.05, 0) is 25.5 Å². The molecule has 72 valence electrons. The number of carboxylic acid groups (broad SMARTS) is 1. The summed E-state index contributed by atoms with van der Waals surface area (Å²) in [5.41, 5.74) is 2.13. The molecule has 0 aliphatic carbocycles. The Morgan fingerprint density at radius 3 is 2.77 bits per heavy atom. The number of hydrogen-bond acceptors (Lipinski definition) is 1. The van der Waals surface area contributed by atoms with Gasteiger partial charge in [-0.1, -0.05) is 13.3 Å². The van der Waals surface area contributed by atoms with Crippen molar-refractivity contribution in [3.8, 4) is 0 Å². The minimum absolute atomic E-state index is 0.0775. The average Bonchev–Trinajstić information content (AvgIpc) is 2.36. The van der Waals surface area contributed by atoms with E-state index in [2.05, 4.69) is 6.92 Å². The van der Waals surface area contributed by atoms with Crippen LogP contribution in [-0.2, 0) is 17.8 Å². The fourth-order valence-electron chi connectivity index (χ4n) is 1.46. The fourth-order valence-corrected chi connectivity index (χ4v) is 1.46. The van der Waals surface area contributed by atoms with Crippen molar-refractivity contribution >= 4 is 5.97 Å². The van der Waals surface area contributed by atoms with Crippen LogP contribution >= 0.6 is 0 Å². The SMILES string of the molecule is CCCc1ccc(C)n1CC(=O)O. The normalized spacial score (nSPS) is 10.3. The quantitative estimate of drug-likeness (QED) is 0.770. The van der Waals surface area contributed by atoms with Gasteiger partial charge in [0, 0.05) is 11.4 Å². The predicted molar refractivity (Wildman–Crippen MR) is 50.8 cm³/mol. The Morgan fingerprint density at radius 2 is 2.23 bits per heavy atom. The summed E-state index contributed by atoms with van der Waals surface area (Å²) in [6.45, 7) is 4.10. The highest BCUT2D eigenvalue weighted by atomic mass is 16.4. The van der Waals surface area contributed by atoms with Gasteiger partial charge in [-0.25, -0.2) is 0 Å². The lowest BCUT2D eigenvalue weighted by Gasteiger charge is -2.07. The molecule has 3 heteroatoms. The molecule has 1 rings (SSSR count). The molecule has 0 spiro atoms. The van der Waals surface area contributed by atoms with E-state index in [1.807, 2.05) is 23.6 Å². The molecule has 1 aromatic rings. The molecule has 1 heterocycles. The molecule has 0 atom stereocenters. The zero-order valence-electron chi connectivity index (χ0n) is 8.08. The molecule has 13 heavy (non-hydrogen) atoms. The molecule has 0 aliphatic heterocycles. The first-order chi connectivity index (χ1) is 6.15. The van der Waals surface area contributed by atoms with E-state index in [0.717, 1.165) is 24.2 Å². The van der Waals surface area contributed by atoms with Crippen LogP contribution in [0.15, 0.2) is 12.1 Å². The summed E-state index contributed by atoms with van der Waals surface area (Å²) in [5.74, 6) is -0.781. The Morgan fingerprint density at radius 1 is 1.54 bits per heavy atom. The zero-order valence-corrected chi connectivity index (χ0v) is 8.08. The number of carbonyl (C=O) groups is 1. The lowest BCUT2D eigenvalue weighted by Crippen LogP contribution is -2.12. The van der Waals surface area contributed by atoms with Gasteiger partial charge >= 0.3 is 5.97 Å². The van der Waals surface area contributed by atoms with Gasteiger partial charge in [0.15, 0.2) is 0 Å². The predicted octanol–water partition coefficient (Wildman–Crippen LogP) is 1.83. The van der Waals surface area contributed by atoms with Gasteiger partial charge in [0.25, 0.3) is 0 Å². The molecule has 0 radical (unpaired) electrons. The van der Waals surface area contributed by atoms with Crippen molar-refractivity contribution < 1.29 is 9.90 Å². The highest BCUT2D eigenvalue weighted by Gasteiger charge is 2.06. The van der Waals surface area contributed by atoms with Gasteiger partial charge in [0.1, 0.15) is 6.54 Å². The van der Waals surface area contributed by atoms with Crippen LogP contribution in [0.4, 0.5) is 0 Å². The summed E-state index contributed by atoms with van der Waals surface area (Å²) >= 11 is 0. The van der Waals surface area contributed by atoms with Crippen molar-refractivity contribution in [3.63, 3.8) is 0 Å². The second-order valence-electron chi connectivity index (χ2n) is 3.20. The third-order valence-electron chi connectivity index (χ3n) is 2.09. The number of nitrogens with zero attached hydrogens (tertiary/aromatic N) is 1. The van der Waals surface area contributed by atoms with Gasteiger partial charge in [-0.2, -0.15) is 0 Å². The van der Waals surface area contributed by atoms with Crippen molar-refractivity contribution in [2.45, 2.75) is 33.2 Å². The van der Waals surface area contributed by atoms with Crippen LogP contribution in [0.25, 0.3) is 0 Å². The summed E-state index contributed by atoms with van der Waals surface area (Å²) in [6, 6.07) is 3.97. The van der Waals surface area contributed by atoms with Gasteiger partial charge in [0.2, 0.25) is 0 Å². The fraction of sp³-hybridized carbons (Fsp3) is 0.500. The van der Waals surface area contributed by atoms with Crippen LogP contribution in [0.2, 0.25) is 0 Å². The Balaban J connectivity index is 2.87. The van der Waals surface area contributed by atoms with Crippen LogP contribution in [0.5, 0.6) is 0 Å².